The topological polar surface area (TPSA) is 92.8 Å². The molecule has 1 unspecified atom stereocenters. The number of ether oxygens (including phenoxy) is 1. The molecule has 2 rings (SSSR count). The number of hydrogen-bond acceptors (Lipinski definition) is 5. The predicted molar refractivity (Wildman–Crippen MR) is 107 cm³/mol. The minimum atomic E-state index is -3.63. The first-order valence-corrected chi connectivity index (χ1v) is 10.1. The lowest BCUT2D eigenvalue weighted by Gasteiger charge is -2.17. The number of carbonyl (C=O) groups is 2. The number of nitrogens with zero attached hydrogens (tertiary/aromatic N) is 1. The second-order valence-corrected chi connectivity index (χ2v) is 8.82. The van der Waals surface area contributed by atoms with Gasteiger partial charge in [-0.25, -0.2) is 17.5 Å². The Morgan fingerprint density at radius 1 is 1.07 bits per heavy atom. The molecule has 0 heterocycles. The molecule has 0 saturated heterocycles. The number of benzene rings is 2. The van der Waals surface area contributed by atoms with Crippen LogP contribution in [0.15, 0.2) is 47.4 Å². The first kappa shape index (κ1) is 21.6. The minimum absolute atomic E-state index is 0.0582. The van der Waals surface area contributed by atoms with Crippen molar-refractivity contribution in [3.05, 3.63) is 59.2 Å². The van der Waals surface area contributed by atoms with Crippen molar-refractivity contribution in [1.82, 2.24) is 4.31 Å². The molecule has 8 heteroatoms. The normalized spacial score (nSPS) is 12.5. The first-order valence-electron chi connectivity index (χ1n) is 8.64. The molecule has 0 bridgehead atoms. The number of sulfonamides is 1. The van der Waals surface area contributed by atoms with Crippen molar-refractivity contribution in [2.24, 2.45) is 0 Å². The van der Waals surface area contributed by atoms with Crippen LogP contribution >= 0.6 is 0 Å². The first-order chi connectivity index (χ1) is 13.0. The van der Waals surface area contributed by atoms with Gasteiger partial charge in [-0.2, -0.15) is 0 Å². The van der Waals surface area contributed by atoms with Gasteiger partial charge in [-0.15, -0.1) is 0 Å². The summed E-state index contributed by atoms with van der Waals surface area (Å²) >= 11 is 0. The molecular weight excluding hydrogens is 380 g/mol. The van der Waals surface area contributed by atoms with Gasteiger partial charge in [0.05, 0.1) is 10.5 Å². The quantitative estimate of drug-likeness (QED) is 0.748. The van der Waals surface area contributed by atoms with E-state index in [1.807, 2.05) is 13.0 Å². The number of esters is 1. The summed E-state index contributed by atoms with van der Waals surface area (Å²) < 4.78 is 30.9. The van der Waals surface area contributed by atoms with E-state index < -0.39 is 28.0 Å². The maximum Gasteiger partial charge on any atom is 0.338 e. The molecule has 28 heavy (non-hydrogen) atoms. The van der Waals surface area contributed by atoms with Crippen molar-refractivity contribution in [2.75, 3.05) is 19.4 Å². The van der Waals surface area contributed by atoms with E-state index in [-0.39, 0.29) is 4.90 Å². The highest BCUT2D eigenvalue weighted by Crippen LogP contribution is 2.22. The highest BCUT2D eigenvalue weighted by Gasteiger charge is 2.22. The lowest BCUT2D eigenvalue weighted by molar-refractivity contribution is -0.123. The number of aryl methyl sites for hydroxylation is 2. The molecule has 7 nitrogen and oxygen atoms in total. The maximum atomic E-state index is 12.4. The Morgan fingerprint density at radius 3 is 2.36 bits per heavy atom. The average Bonchev–Trinajstić information content (AvgIpc) is 2.63. The fraction of sp³-hybridized carbons (Fsp3) is 0.300. The Bertz CT molecular complexity index is 999. The molecule has 2 aromatic carbocycles. The third kappa shape index (κ3) is 4.96. The van der Waals surface area contributed by atoms with E-state index in [4.69, 9.17) is 4.74 Å². The van der Waals surface area contributed by atoms with E-state index in [0.29, 0.717) is 16.8 Å². The molecule has 0 fully saturated rings. The third-order valence-electron chi connectivity index (χ3n) is 4.15. The van der Waals surface area contributed by atoms with Gasteiger partial charge in [0.2, 0.25) is 10.0 Å². The molecule has 0 radical (unpaired) electrons. The molecule has 0 spiro atoms. The van der Waals surface area contributed by atoms with Crippen LogP contribution in [-0.2, 0) is 19.6 Å². The van der Waals surface area contributed by atoms with Gasteiger partial charge in [0, 0.05) is 19.8 Å². The molecule has 1 N–H and O–H groups in total. The predicted octanol–water partition coefficient (Wildman–Crippen LogP) is 2.74. The zero-order valence-corrected chi connectivity index (χ0v) is 17.3. The molecule has 0 aromatic heterocycles. The summed E-state index contributed by atoms with van der Waals surface area (Å²) in [5, 5.41) is 2.63. The van der Waals surface area contributed by atoms with Crippen LogP contribution < -0.4 is 5.32 Å². The van der Waals surface area contributed by atoms with Crippen LogP contribution in [0, 0.1) is 13.8 Å². The summed E-state index contributed by atoms with van der Waals surface area (Å²) in [6, 6.07) is 11.3. The molecular formula is C20H24N2O5S. The highest BCUT2D eigenvalue weighted by molar-refractivity contribution is 7.89. The molecule has 1 atom stereocenters. The van der Waals surface area contributed by atoms with Gasteiger partial charge in [-0.3, -0.25) is 4.79 Å². The fourth-order valence-electron chi connectivity index (χ4n) is 2.40. The summed E-state index contributed by atoms with van der Waals surface area (Å²) in [6.07, 6.45) is -1.05. The Balaban J connectivity index is 2.14. The SMILES string of the molecule is Cc1cccc(C(=O)OC(C)C(=O)Nc2cc(S(=O)(=O)N(C)C)ccc2C)c1. The van der Waals surface area contributed by atoms with Crippen molar-refractivity contribution in [3.63, 3.8) is 0 Å². The average molecular weight is 404 g/mol. The lowest BCUT2D eigenvalue weighted by Crippen LogP contribution is -2.30. The van der Waals surface area contributed by atoms with Gasteiger partial charge in [0.25, 0.3) is 5.91 Å². The minimum Gasteiger partial charge on any atom is -0.449 e. The summed E-state index contributed by atoms with van der Waals surface area (Å²) in [4.78, 5) is 24.7. The number of carbonyl (C=O) groups excluding carboxylic acids is 2. The van der Waals surface area contributed by atoms with Crippen LogP contribution in [0.3, 0.4) is 0 Å². The Kier molecular flexibility index (Phi) is 6.58. The van der Waals surface area contributed by atoms with E-state index in [9.17, 15) is 18.0 Å². The van der Waals surface area contributed by atoms with Crippen molar-refractivity contribution < 1.29 is 22.7 Å². The molecule has 0 aliphatic carbocycles. The number of anilines is 1. The van der Waals surface area contributed by atoms with Crippen LogP contribution in [0.1, 0.15) is 28.4 Å². The van der Waals surface area contributed by atoms with E-state index >= 15 is 0 Å². The van der Waals surface area contributed by atoms with Gasteiger partial charge in [-0.05, 0) is 50.6 Å². The van der Waals surface area contributed by atoms with Gasteiger partial charge in [0.1, 0.15) is 0 Å². The van der Waals surface area contributed by atoms with Gasteiger partial charge in [-0.1, -0.05) is 23.8 Å². The summed E-state index contributed by atoms with van der Waals surface area (Å²) in [7, 11) is -0.773. The van der Waals surface area contributed by atoms with Crippen LogP contribution in [0.2, 0.25) is 0 Å². The molecule has 0 aliphatic heterocycles. The molecule has 1 amide bonds. The van der Waals surface area contributed by atoms with E-state index in [2.05, 4.69) is 5.32 Å². The Morgan fingerprint density at radius 2 is 1.75 bits per heavy atom. The smallest absolute Gasteiger partial charge is 0.338 e. The Hall–Kier alpha value is -2.71. The largest absolute Gasteiger partial charge is 0.449 e. The fourth-order valence-corrected chi connectivity index (χ4v) is 3.32. The third-order valence-corrected chi connectivity index (χ3v) is 5.96. The van der Waals surface area contributed by atoms with Crippen molar-refractivity contribution >= 4 is 27.6 Å². The van der Waals surface area contributed by atoms with Crippen molar-refractivity contribution in [2.45, 2.75) is 31.8 Å². The maximum absolute atomic E-state index is 12.4. The van der Waals surface area contributed by atoms with Crippen LogP contribution in [0.5, 0.6) is 0 Å². The molecule has 2 aromatic rings. The summed E-state index contributed by atoms with van der Waals surface area (Å²) in [6.45, 7) is 5.05. The van der Waals surface area contributed by atoms with Crippen LogP contribution in [-0.4, -0.2) is 44.8 Å². The van der Waals surface area contributed by atoms with Crippen molar-refractivity contribution in [3.8, 4) is 0 Å². The number of hydrogen-bond donors (Lipinski definition) is 1. The summed E-state index contributed by atoms with van der Waals surface area (Å²) in [5.74, 6) is -1.16. The second-order valence-electron chi connectivity index (χ2n) is 6.67. The van der Waals surface area contributed by atoms with E-state index in [1.54, 1.807) is 31.2 Å². The number of amides is 1. The second kappa shape index (κ2) is 8.53. The monoisotopic (exact) mass is 404 g/mol. The highest BCUT2D eigenvalue weighted by atomic mass is 32.2. The van der Waals surface area contributed by atoms with Gasteiger partial charge in [0.15, 0.2) is 6.10 Å². The van der Waals surface area contributed by atoms with Crippen LogP contribution in [0.25, 0.3) is 0 Å². The summed E-state index contributed by atoms with van der Waals surface area (Å²) in [5.41, 5.74) is 2.28. The molecule has 150 valence electrons. The van der Waals surface area contributed by atoms with Gasteiger partial charge >= 0.3 is 5.97 Å². The van der Waals surface area contributed by atoms with E-state index in [0.717, 1.165) is 9.87 Å². The molecule has 0 aliphatic rings. The molecule has 0 saturated carbocycles. The zero-order chi connectivity index (χ0) is 21.1. The van der Waals surface area contributed by atoms with Gasteiger partial charge < -0.3 is 10.1 Å². The van der Waals surface area contributed by atoms with Crippen LogP contribution in [0.4, 0.5) is 5.69 Å². The van der Waals surface area contributed by atoms with Crippen molar-refractivity contribution in [1.29, 1.82) is 0 Å². The standard InChI is InChI=1S/C20H24N2O5S/c1-13-7-6-8-16(11-13)20(24)27-15(3)19(23)21-18-12-17(10-9-14(18)2)28(25,26)22(4)5/h6-12,15H,1-5H3,(H,21,23). The number of rotatable bonds is 6. The Labute approximate surface area is 165 Å². The number of nitrogens with one attached hydrogen (secondary N) is 1. The van der Waals surface area contributed by atoms with E-state index in [1.165, 1.54) is 33.2 Å². The lowest BCUT2D eigenvalue weighted by atomic mass is 10.1. The zero-order valence-electron chi connectivity index (χ0n) is 16.5.